The third kappa shape index (κ3) is 6.06. The van der Waals surface area contributed by atoms with Crippen molar-refractivity contribution in [3.8, 4) is 45.6 Å². The molecule has 218 valence electrons. The van der Waals surface area contributed by atoms with E-state index in [0.29, 0.717) is 11.1 Å². The van der Waals surface area contributed by atoms with Crippen LogP contribution in [0.2, 0.25) is 0 Å². The van der Waals surface area contributed by atoms with Crippen LogP contribution in [0, 0.1) is 0 Å². The van der Waals surface area contributed by atoms with Crippen LogP contribution >= 0.6 is 0 Å². The van der Waals surface area contributed by atoms with E-state index in [4.69, 9.17) is 18.6 Å². The summed E-state index contributed by atoms with van der Waals surface area (Å²) >= 11 is 0. The van der Waals surface area contributed by atoms with Crippen molar-refractivity contribution in [2.45, 2.75) is 30.7 Å². The van der Waals surface area contributed by atoms with Crippen molar-refractivity contribution >= 4 is 12.0 Å². The molecule has 0 saturated carbocycles. The first-order chi connectivity index (χ1) is 20.1. The number of carbonyl (C=O) groups excluding carboxylic acids is 1. The first-order valence-electron chi connectivity index (χ1n) is 12.7. The van der Waals surface area contributed by atoms with E-state index in [-0.39, 0.29) is 34.3 Å². The number of phenolic OH excluding ortho intramolecular Hbond substituents is 3. The van der Waals surface area contributed by atoms with Gasteiger partial charge in [-0.1, -0.05) is 12.1 Å². The van der Waals surface area contributed by atoms with Gasteiger partial charge >= 0.3 is 5.97 Å². The molecule has 2 aliphatic heterocycles. The molecule has 0 spiro atoms. The summed E-state index contributed by atoms with van der Waals surface area (Å²) in [4.78, 5) is 22.3. The number of esters is 1. The highest BCUT2D eigenvalue weighted by atomic mass is 16.7. The van der Waals surface area contributed by atoms with E-state index in [1.807, 2.05) is 0 Å². The fourth-order valence-corrected chi connectivity index (χ4v) is 4.42. The Morgan fingerprint density at radius 3 is 2.26 bits per heavy atom. The number of aliphatic hydroxyl groups is 3. The number of rotatable bonds is 7. The Labute approximate surface area is 237 Å². The Kier molecular flexibility index (Phi) is 8.13. The van der Waals surface area contributed by atoms with Gasteiger partial charge in [0.15, 0.2) is 23.0 Å². The fraction of sp³-hybridized carbons (Fsp3) is 0.200. The topological polar surface area (TPSA) is 201 Å². The molecule has 3 aliphatic rings. The molecule has 1 saturated heterocycles. The number of fused-ring (bicyclic) bond motifs is 1. The summed E-state index contributed by atoms with van der Waals surface area (Å²) < 4.78 is 22.9. The molecule has 42 heavy (non-hydrogen) atoms. The number of aromatic hydroxyl groups is 3. The van der Waals surface area contributed by atoms with Crippen LogP contribution in [0.4, 0.5) is 0 Å². The lowest BCUT2D eigenvalue weighted by Gasteiger charge is -2.38. The van der Waals surface area contributed by atoms with Crippen molar-refractivity contribution in [3.63, 3.8) is 0 Å². The number of phenols is 3. The van der Waals surface area contributed by atoms with E-state index in [1.54, 1.807) is 12.1 Å². The van der Waals surface area contributed by atoms with Crippen LogP contribution in [0.3, 0.4) is 0 Å². The fourth-order valence-electron chi connectivity index (χ4n) is 4.42. The summed E-state index contributed by atoms with van der Waals surface area (Å²) in [5, 5.41) is 61.1. The molecular weight excluding hydrogens is 552 g/mol. The molecule has 2 aromatic rings. The zero-order valence-corrected chi connectivity index (χ0v) is 21.8. The largest absolute Gasteiger partial charge is 0.510 e. The molecule has 0 aromatic heterocycles. The van der Waals surface area contributed by atoms with Crippen LogP contribution in [0.5, 0.6) is 23.0 Å². The van der Waals surface area contributed by atoms with Crippen LogP contribution < -0.4 is 10.2 Å². The van der Waals surface area contributed by atoms with Gasteiger partial charge in [0.05, 0.1) is 18.2 Å². The van der Waals surface area contributed by atoms with Crippen LogP contribution in [0.1, 0.15) is 5.56 Å². The third-order valence-electron chi connectivity index (χ3n) is 6.57. The van der Waals surface area contributed by atoms with Crippen LogP contribution in [0.15, 0.2) is 82.0 Å². The molecular formula is C30H27O12+. The number of benzene rings is 3. The van der Waals surface area contributed by atoms with Gasteiger partial charge in [0.2, 0.25) is 6.29 Å². The minimum Gasteiger partial charge on any atom is -0.508 e. The minimum atomic E-state index is -1.73. The molecule has 0 unspecified atom stereocenters. The molecule has 0 amide bonds. The van der Waals surface area contributed by atoms with Crippen LogP contribution in [0.25, 0.3) is 28.7 Å². The normalized spacial score (nSPS) is 22.3. The quantitative estimate of drug-likeness (QED) is 0.106. The van der Waals surface area contributed by atoms with E-state index in [0.717, 1.165) is 6.07 Å². The molecule has 2 heterocycles. The smallest absolute Gasteiger partial charge is 0.508 e. The maximum Gasteiger partial charge on any atom is 0.510 e. The maximum atomic E-state index is 12.0. The lowest BCUT2D eigenvalue weighted by molar-refractivity contribution is -0.275. The Morgan fingerprint density at radius 2 is 1.60 bits per heavy atom. The highest BCUT2D eigenvalue weighted by Crippen LogP contribution is 2.41. The monoisotopic (exact) mass is 579 g/mol. The molecule has 5 rings (SSSR count). The molecule has 2 aromatic carbocycles. The summed E-state index contributed by atoms with van der Waals surface area (Å²) in [5.41, 5.74) is 0.604. The van der Waals surface area contributed by atoms with Gasteiger partial charge in [0.25, 0.3) is 6.10 Å². The number of hydrogen-bond donors (Lipinski definition) is 6. The van der Waals surface area contributed by atoms with Crippen LogP contribution in [-0.4, -0.2) is 78.7 Å². The molecule has 1 fully saturated rings. The summed E-state index contributed by atoms with van der Waals surface area (Å²) in [6, 6.07) is 15.3. The third-order valence-corrected chi connectivity index (χ3v) is 6.57. The zero-order valence-electron chi connectivity index (χ0n) is 21.8. The van der Waals surface area contributed by atoms with E-state index < -0.39 is 54.5 Å². The zero-order chi connectivity index (χ0) is 30.0. The first-order valence-corrected chi connectivity index (χ1v) is 12.7. The van der Waals surface area contributed by atoms with Crippen molar-refractivity contribution in [1.82, 2.24) is 0 Å². The Morgan fingerprint density at radius 1 is 0.929 bits per heavy atom. The summed E-state index contributed by atoms with van der Waals surface area (Å²) in [6.07, 6.45) is -5.11. The van der Waals surface area contributed by atoms with Crippen molar-refractivity contribution in [1.29, 1.82) is 0 Å². The molecule has 5 atom stereocenters. The highest BCUT2D eigenvalue weighted by Gasteiger charge is 2.51. The standard InChI is InChI=1S/C30H26O12/c31-14-24-26(37)29(42-25(36)10-3-15-1-6-17(32)7-2-15)27(38)30(41-24)40-23-13-20-21(35)11-19(34)12-22(20)39-28(23)16-4-8-18(33)9-5-16/h1-13,24,26-27,29-33,35,37-38H,14H2/p+1/t24-,26-,27-,29+,30-/m1/s1. The van der Waals surface area contributed by atoms with E-state index in [9.17, 15) is 40.2 Å². The van der Waals surface area contributed by atoms with Gasteiger partial charge in [-0.2, -0.15) is 0 Å². The lowest BCUT2D eigenvalue weighted by atomic mass is 9.99. The second-order valence-electron chi connectivity index (χ2n) is 9.51. The van der Waals surface area contributed by atoms with Crippen molar-refractivity contribution < 1.29 is 54.1 Å². The molecule has 1 aliphatic carbocycles. The molecule has 12 nitrogen and oxygen atoms in total. The second kappa shape index (κ2) is 11.9. The maximum absolute atomic E-state index is 12.0. The minimum absolute atomic E-state index is 0.0252. The van der Waals surface area contributed by atoms with Crippen LogP contribution in [-0.2, 0) is 9.47 Å². The molecule has 0 bridgehead atoms. The summed E-state index contributed by atoms with van der Waals surface area (Å²) in [7, 11) is 0. The Bertz CT molecular complexity index is 1610. The predicted octanol–water partition coefficient (Wildman–Crippen LogP) is 1.95. The number of aliphatic hydroxyl groups excluding tert-OH is 3. The average Bonchev–Trinajstić information content (AvgIpc) is 2.97. The molecule has 12 heteroatoms. The summed E-state index contributed by atoms with van der Waals surface area (Å²) in [5.74, 6) is -1.03. The average molecular weight is 580 g/mol. The van der Waals surface area contributed by atoms with Crippen molar-refractivity contribution in [2.24, 2.45) is 0 Å². The second-order valence-corrected chi connectivity index (χ2v) is 9.51. The SMILES string of the molecule is O=c1cc2oc(-c3ccc(O)cc3)c(O[C@@H]3O[C@H](CO)[C@@H](O)[C@H](OC(=[OH+])C=Cc4ccc(O)cc4)[C@H]3O)cc-2c(O)c1. The molecule has 7 N–H and O–H groups in total. The van der Waals surface area contributed by atoms with E-state index >= 15 is 0 Å². The van der Waals surface area contributed by atoms with Gasteiger partial charge in [-0.05, 0) is 54.1 Å². The van der Waals surface area contributed by atoms with Gasteiger partial charge in [-0.25, -0.2) is 0 Å². The van der Waals surface area contributed by atoms with Gasteiger partial charge in [-0.15, -0.1) is 0 Å². The number of ether oxygens (including phenoxy) is 3. The van der Waals surface area contributed by atoms with E-state index in [1.165, 1.54) is 60.7 Å². The predicted molar refractivity (Wildman–Crippen MR) is 148 cm³/mol. The molecule has 0 radical (unpaired) electrons. The highest BCUT2D eigenvalue weighted by molar-refractivity contribution is 5.88. The van der Waals surface area contributed by atoms with Gasteiger partial charge in [0, 0.05) is 17.7 Å². The lowest BCUT2D eigenvalue weighted by Crippen LogP contribution is -2.61. The number of hydrogen-bond acceptors (Lipinski definition) is 11. The van der Waals surface area contributed by atoms with E-state index in [2.05, 4.69) is 0 Å². The first kappa shape index (κ1) is 28.6. The Hall–Kier alpha value is -4.88. The van der Waals surface area contributed by atoms with Crippen molar-refractivity contribution in [2.75, 3.05) is 6.61 Å². The van der Waals surface area contributed by atoms with Gasteiger partial charge < -0.3 is 54.1 Å². The Balaban J connectivity index is 1.46. The van der Waals surface area contributed by atoms with Gasteiger partial charge in [-0.3, -0.25) is 4.79 Å². The van der Waals surface area contributed by atoms with Gasteiger partial charge in [0.1, 0.15) is 35.2 Å². The van der Waals surface area contributed by atoms with Crippen molar-refractivity contribution in [3.05, 3.63) is 88.6 Å². The summed E-state index contributed by atoms with van der Waals surface area (Å²) in [6.45, 7) is -0.697.